The first-order chi connectivity index (χ1) is 7.69. The van der Waals surface area contributed by atoms with Crippen molar-refractivity contribution in [1.29, 1.82) is 0 Å². The van der Waals surface area contributed by atoms with Gasteiger partial charge in [-0.1, -0.05) is 44.2 Å². The minimum Gasteiger partial charge on any atom is -0.497 e. The molecule has 0 atom stereocenters. The van der Waals surface area contributed by atoms with Crippen LogP contribution in [0.3, 0.4) is 0 Å². The molecular weight excluding hydrogens is 196 g/mol. The fraction of sp³-hybridized carbons (Fsp3) is 0.333. The van der Waals surface area contributed by atoms with Crippen molar-refractivity contribution in [2.45, 2.75) is 20.8 Å². The van der Waals surface area contributed by atoms with Gasteiger partial charge in [0.05, 0.1) is 7.11 Å². The second-order valence-electron chi connectivity index (χ2n) is 4.03. The van der Waals surface area contributed by atoms with Crippen LogP contribution in [0.4, 0.5) is 0 Å². The van der Waals surface area contributed by atoms with Crippen LogP contribution in [0.2, 0.25) is 0 Å². The Hall–Kier alpha value is -1.50. The molecule has 1 heteroatoms. The van der Waals surface area contributed by atoms with Gasteiger partial charge in [-0.05, 0) is 36.1 Å². The van der Waals surface area contributed by atoms with E-state index >= 15 is 0 Å². The highest BCUT2D eigenvalue weighted by Crippen LogP contribution is 2.25. The van der Waals surface area contributed by atoms with Crippen molar-refractivity contribution in [3.05, 3.63) is 48.1 Å². The van der Waals surface area contributed by atoms with Crippen LogP contribution < -0.4 is 4.74 Å². The third kappa shape index (κ3) is 3.27. The lowest BCUT2D eigenvalue weighted by molar-refractivity contribution is 0.415. The van der Waals surface area contributed by atoms with E-state index in [2.05, 4.69) is 38.1 Å². The number of hydrogen-bond acceptors (Lipinski definition) is 1. The van der Waals surface area contributed by atoms with Crippen LogP contribution in [0.15, 0.2) is 42.5 Å². The van der Waals surface area contributed by atoms with E-state index in [-0.39, 0.29) is 0 Å². The van der Waals surface area contributed by atoms with E-state index in [4.69, 9.17) is 4.74 Å². The Morgan fingerprint density at radius 1 is 1.19 bits per heavy atom. The molecule has 0 aliphatic heterocycles. The minimum atomic E-state index is 0.518. The number of allylic oxidation sites excluding steroid dienone is 4. The Morgan fingerprint density at radius 2 is 1.81 bits per heavy atom. The molecule has 1 nitrogen and oxygen atoms in total. The maximum Gasteiger partial charge on any atom is 0.118 e. The molecule has 0 saturated heterocycles. The Balaban J connectivity index is 3.02. The lowest BCUT2D eigenvalue weighted by Gasteiger charge is -2.11. The van der Waals surface area contributed by atoms with Gasteiger partial charge < -0.3 is 4.74 Å². The predicted octanol–water partition coefficient (Wildman–Crippen LogP) is 4.31. The maximum atomic E-state index is 5.16. The first-order valence-electron chi connectivity index (χ1n) is 5.66. The molecule has 0 fully saturated rings. The van der Waals surface area contributed by atoms with Crippen molar-refractivity contribution in [3.8, 4) is 5.75 Å². The van der Waals surface area contributed by atoms with Crippen LogP contribution in [0.1, 0.15) is 26.3 Å². The minimum absolute atomic E-state index is 0.518. The van der Waals surface area contributed by atoms with Gasteiger partial charge in [-0.2, -0.15) is 0 Å². The molecule has 1 aromatic carbocycles. The van der Waals surface area contributed by atoms with Crippen molar-refractivity contribution in [3.63, 3.8) is 0 Å². The van der Waals surface area contributed by atoms with Crippen LogP contribution in [-0.4, -0.2) is 7.11 Å². The van der Waals surface area contributed by atoms with Crippen LogP contribution >= 0.6 is 0 Å². The quantitative estimate of drug-likeness (QED) is 0.681. The average Bonchev–Trinajstić information content (AvgIpc) is 2.30. The van der Waals surface area contributed by atoms with Crippen molar-refractivity contribution >= 4 is 5.57 Å². The zero-order valence-electron chi connectivity index (χ0n) is 10.5. The van der Waals surface area contributed by atoms with Crippen LogP contribution in [0.5, 0.6) is 5.75 Å². The highest BCUT2D eigenvalue weighted by atomic mass is 16.5. The number of rotatable bonds is 4. The molecule has 0 aromatic heterocycles. The van der Waals surface area contributed by atoms with Crippen molar-refractivity contribution < 1.29 is 4.74 Å². The first-order valence-corrected chi connectivity index (χ1v) is 5.66. The summed E-state index contributed by atoms with van der Waals surface area (Å²) in [5.41, 5.74) is 2.61. The van der Waals surface area contributed by atoms with Gasteiger partial charge >= 0.3 is 0 Å². The predicted molar refractivity (Wildman–Crippen MR) is 70.6 cm³/mol. The number of methoxy groups -OCH3 is 1. The normalized spacial score (nSPS) is 12.4. The van der Waals surface area contributed by atoms with Gasteiger partial charge in [0.2, 0.25) is 0 Å². The molecule has 0 unspecified atom stereocenters. The van der Waals surface area contributed by atoms with Crippen molar-refractivity contribution in [2.75, 3.05) is 7.11 Å². The summed E-state index contributed by atoms with van der Waals surface area (Å²) in [5.74, 6) is 1.42. The summed E-state index contributed by atoms with van der Waals surface area (Å²) in [6.45, 7) is 6.45. The number of hydrogen-bond donors (Lipinski definition) is 0. The van der Waals surface area contributed by atoms with Crippen LogP contribution in [-0.2, 0) is 0 Å². The topological polar surface area (TPSA) is 9.23 Å². The first kappa shape index (κ1) is 12.6. The molecule has 1 rings (SSSR count). The Labute approximate surface area is 98.5 Å². The molecule has 1 aromatic rings. The molecule has 0 saturated carbocycles. The Kier molecular flexibility index (Phi) is 4.84. The van der Waals surface area contributed by atoms with Crippen LogP contribution in [0.25, 0.3) is 5.57 Å². The highest BCUT2D eigenvalue weighted by molar-refractivity contribution is 5.68. The van der Waals surface area contributed by atoms with Gasteiger partial charge in [0.1, 0.15) is 5.75 Å². The molecule has 0 N–H and O–H groups in total. The van der Waals surface area contributed by atoms with Gasteiger partial charge in [-0.15, -0.1) is 0 Å². The smallest absolute Gasteiger partial charge is 0.118 e. The second-order valence-corrected chi connectivity index (χ2v) is 4.03. The van der Waals surface area contributed by atoms with E-state index in [0.29, 0.717) is 5.92 Å². The fourth-order valence-corrected chi connectivity index (χ4v) is 1.61. The van der Waals surface area contributed by atoms with Crippen molar-refractivity contribution in [2.24, 2.45) is 5.92 Å². The lowest BCUT2D eigenvalue weighted by atomic mass is 9.95. The molecular formula is C15H20O. The number of benzene rings is 1. The third-order valence-electron chi connectivity index (χ3n) is 2.51. The summed E-state index contributed by atoms with van der Waals surface area (Å²) in [4.78, 5) is 0. The third-order valence-corrected chi connectivity index (χ3v) is 2.51. The lowest BCUT2D eigenvalue weighted by Crippen LogP contribution is -1.93. The molecule has 0 aliphatic rings. The van der Waals surface area contributed by atoms with E-state index in [1.54, 1.807) is 7.11 Å². The van der Waals surface area contributed by atoms with E-state index in [1.165, 1.54) is 11.1 Å². The summed E-state index contributed by atoms with van der Waals surface area (Å²) in [6.07, 6.45) is 6.30. The SMILES string of the molecule is C/C=C/C=C(/c1ccc(OC)cc1)C(C)C. The van der Waals surface area contributed by atoms with Crippen molar-refractivity contribution in [1.82, 2.24) is 0 Å². The van der Waals surface area contributed by atoms with E-state index in [1.807, 2.05) is 25.1 Å². The summed E-state index contributed by atoms with van der Waals surface area (Å²) < 4.78 is 5.16. The summed E-state index contributed by atoms with van der Waals surface area (Å²) in [6, 6.07) is 8.21. The second kappa shape index (κ2) is 6.16. The molecule has 16 heavy (non-hydrogen) atoms. The van der Waals surface area contributed by atoms with Gasteiger partial charge in [0.15, 0.2) is 0 Å². The standard InChI is InChI=1S/C15H20O/c1-5-6-7-15(12(2)3)13-8-10-14(16-4)11-9-13/h5-12H,1-4H3/b6-5+,15-7+. The monoisotopic (exact) mass is 216 g/mol. The summed E-state index contributed by atoms with van der Waals surface area (Å²) in [5, 5.41) is 0. The molecule has 86 valence electrons. The molecule has 0 radical (unpaired) electrons. The van der Waals surface area contributed by atoms with E-state index in [9.17, 15) is 0 Å². The van der Waals surface area contributed by atoms with Gasteiger partial charge in [-0.25, -0.2) is 0 Å². The average molecular weight is 216 g/mol. The zero-order chi connectivity index (χ0) is 12.0. The highest BCUT2D eigenvalue weighted by Gasteiger charge is 2.05. The molecule has 0 bridgehead atoms. The van der Waals surface area contributed by atoms with Gasteiger partial charge in [0.25, 0.3) is 0 Å². The maximum absolute atomic E-state index is 5.16. The van der Waals surface area contributed by atoms with E-state index in [0.717, 1.165) is 5.75 Å². The Bertz CT molecular complexity index is 369. The molecule has 0 spiro atoms. The number of ether oxygens (including phenoxy) is 1. The summed E-state index contributed by atoms with van der Waals surface area (Å²) >= 11 is 0. The van der Waals surface area contributed by atoms with Gasteiger partial charge in [-0.3, -0.25) is 0 Å². The fourth-order valence-electron chi connectivity index (χ4n) is 1.61. The molecule has 0 aliphatic carbocycles. The largest absolute Gasteiger partial charge is 0.497 e. The molecule has 0 heterocycles. The van der Waals surface area contributed by atoms with E-state index < -0.39 is 0 Å². The van der Waals surface area contributed by atoms with Gasteiger partial charge in [0, 0.05) is 0 Å². The van der Waals surface area contributed by atoms with Crippen LogP contribution in [0, 0.1) is 5.92 Å². The summed E-state index contributed by atoms with van der Waals surface area (Å²) in [7, 11) is 1.69. The Morgan fingerprint density at radius 3 is 2.25 bits per heavy atom. The molecule has 0 amide bonds. The zero-order valence-corrected chi connectivity index (χ0v) is 10.5.